The number of para-hydroxylation sites is 1. The number of aldehydes is 1. The summed E-state index contributed by atoms with van der Waals surface area (Å²) in [5, 5.41) is 6.58. The molecule has 0 atom stereocenters. The van der Waals surface area contributed by atoms with E-state index in [-0.39, 0.29) is 13.3 Å². The fraction of sp³-hybridized carbons (Fsp3) is 0.265. The smallest absolute Gasteiger partial charge is 0.259 e. The van der Waals surface area contributed by atoms with Crippen LogP contribution < -0.4 is 0 Å². The Kier molecular flexibility index (Phi) is 12.7. The average Bonchev–Trinajstić information content (AvgIpc) is 3.71. The van der Waals surface area contributed by atoms with E-state index < -0.39 is 0 Å². The Bertz CT molecular complexity index is 1710. The van der Waals surface area contributed by atoms with Gasteiger partial charge in [-0.1, -0.05) is 74.4 Å². The quantitative estimate of drug-likeness (QED) is 0.189. The monoisotopic (exact) mass is 590 g/mol. The lowest BCUT2D eigenvalue weighted by atomic mass is 10.1. The number of carbonyl (C=O) groups excluding carboxylic acids is 1. The molecule has 0 N–H and O–H groups in total. The van der Waals surface area contributed by atoms with E-state index >= 15 is 0 Å². The summed E-state index contributed by atoms with van der Waals surface area (Å²) in [6, 6.07) is 19.1. The molecule has 0 saturated heterocycles. The van der Waals surface area contributed by atoms with Crippen LogP contribution in [0.2, 0.25) is 5.02 Å². The van der Waals surface area contributed by atoms with Gasteiger partial charge in [0.25, 0.3) is 5.89 Å². The summed E-state index contributed by atoms with van der Waals surface area (Å²) >= 11 is 6.19. The molecule has 42 heavy (non-hydrogen) atoms. The van der Waals surface area contributed by atoms with Gasteiger partial charge < -0.3 is 18.1 Å². The SMILES string of the molecule is C.CC.COC.Cc1cc2cccc(C)c2o1.Cc1ccc(C)c2oc(-c3noc(-c4ccc(C=O)cc4Cl)n3)cc12. The van der Waals surface area contributed by atoms with Gasteiger partial charge in [0.1, 0.15) is 23.2 Å². The number of hydrogen-bond donors (Lipinski definition) is 0. The van der Waals surface area contributed by atoms with E-state index in [1.165, 1.54) is 10.9 Å². The average molecular weight is 591 g/mol. The molecular weight excluding hydrogens is 552 g/mol. The first-order valence-electron chi connectivity index (χ1n) is 13.2. The van der Waals surface area contributed by atoms with Gasteiger partial charge in [0.15, 0.2) is 5.76 Å². The highest BCUT2D eigenvalue weighted by atomic mass is 35.5. The molecule has 222 valence electrons. The standard InChI is InChI=1S/C19H13ClN2O3.C10H10O.C2H6O.C2H6.CH4/c1-10-3-4-11(2)17-14(10)8-16(24-17)18-21-19(25-22-18)13-6-5-12(9-23)7-15(13)20;1-7-4-3-5-9-6-8(2)11-10(7)9;1-3-2;1-2;/h3-9H,1-2H3;3-6H,1-2H3;1-2H3;1-2H3;1H4. The second-order valence-electron chi connectivity index (χ2n) is 9.09. The molecule has 3 heterocycles. The predicted molar refractivity (Wildman–Crippen MR) is 172 cm³/mol. The number of rotatable bonds is 3. The van der Waals surface area contributed by atoms with Gasteiger partial charge in [0.05, 0.1) is 10.6 Å². The topological polar surface area (TPSA) is 91.5 Å². The molecule has 0 fully saturated rings. The highest BCUT2D eigenvalue weighted by molar-refractivity contribution is 6.33. The van der Waals surface area contributed by atoms with Crippen LogP contribution in [0, 0.1) is 27.7 Å². The number of halogens is 1. The van der Waals surface area contributed by atoms with Crippen LogP contribution in [0.4, 0.5) is 0 Å². The van der Waals surface area contributed by atoms with Crippen LogP contribution in [0.5, 0.6) is 0 Å². The maximum Gasteiger partial charge on any atom is 0.259 e. The molecule has 0 aliphatic heterocycles. The van der Waals surface area contributed by atoms with E-state index in [9.17, 15) is 4.79 Å². The van der Waals surface area contributed by atoms with E-state index in [1.54, 1.807) is 32.4 Å². The number of benzene rings is 3. The summed E-state index contributed by atoms with van der Waals surface area (Å²) in [4.78, 5) is 15.2. The Hall–Kier alpha value is -4.20. The van der Waals surface area contributed by atoms with Crippen LogP contribution in [0.3, 0.4) is 0 Å². The number of aromatic nitrogens is 2. The number of ether oxygens (including phenoxy) is 1. The van der Waals surface area contributed by atoms with Crippen LogP contribution in [0.15, 0.2) is 74.0 Å². The lowest BCUT2D eigenvalue weighted by Gasteiger charge is -1.98. The lowest BCUT2D eigenvalue weighted by molar-refractivity contribution is 0.112. The van der Waals surface area contributed by atoms with Crippen molar-refractivity contribution >= 4 is 39.8 Å². The molecule has 8 heteroatoms. The summed E-state index contributed by atoms with van der Waals surface area (Å²) in [5.41, 5.74) is 6.25. The minimum atomic E-state index is 0. The highest BCUT2D eigenvalue weighted by Crippen LogP contribution is 2.33. The Labute approximate surface area is 252 Å². The number of hydrogen-bond acceptors (Lipinski definition) is 7. The largest absolute Gasteiger partial charge is 0.461 e. The Morgan fingerprint density at radius 2 is 1.50 bits per heavy atom. The van der Waals surface area contributed by atoms with E-state index in [0.717, 1.165) is 39.7 Å². The van der Waals surface area contributed by atoms with Gasteiger partial charge in [-0.2, -0.15) is 4.98 Å². The van der Waals surface area contributed by atoms with Crippen molar-refractivity contribution in [1.29, 1.82) is 0 Å². The Balaban J connectivity index is 0.000000302. The Morgan fingerprint density at radius 3 is 2.12 bits per heavy atom. The number of furan rings is 2. The van der Waals surface area contributed by atoms with E-state index in [2.05, 4.69) is 40.0 Å². The van der Waals surface area contributed by atoms with Crippen molar-refractivity contribution in [1.82, 2.24) is 10.1 Å². The zero-order valence-corrected chi connectivity index (χ0v) is 25.4. The highest BCUT2D eigenvalue weighted by Gasteiger charge is 2.18. The van der Waals surface area contributed by atoms with Gasteiger partial charge in [0, 0.05) is 30.6 Å². The fourth-order valence-corrected chi connectivity index (χ4v) is 4.32. The molecular formula is C34H39ClN2O5. The normalized spacial score (nSPS) is 10.0. The molecule has 0 aliphatic carbocycles. The van der Waals surface area contributed by atoms with Crippen molar-refractivity contribution in [3.8, 4) is 23.0 Å². The first-order valence-corrected chi connectivity index (χ1v) is 13.6. The summed E-state index contributed by atoms with van der Waals surface area (Å²) in [5.74, 6) is 2.13. The number of carbonyl (C=O) groups is 1. The van der Waals surface area contributed by atoms with E-state index in [1.807, 2.05) is 58.9 Å². The van der Waals surface area contributed by atoms with Gasteiger partial charge >= 0.3 is 0 Å². The molecule has 0 bridgehead atoms. The van der Waals surface area contributed by atoms with Crippen molar-refractivity contribution in [2.75, 3.05) is 14.2 Å². The lowest BCUT2D eigenvalue weighted by Crippen LogP contribution is -1.84. The summed E-state index contributed by atoms with van der Waals surface area (Å²) in [7, 11) is 3.25. The van der Waals surface area contributed by atoms with Gasteiger partial charge in [-0.25, -0.2) is 0 Å². The third-order valence-electron chi connectivity index (χ3n) is 5.97. The molecule has 3 aromatic carbocycles. The third kappa shape index (κ3) is 7.75. The van der Waals surface area contributed by atoms with E-state index in [0.29, 0.717) is 27.7 Å². The molecule has 6 aromatic rings. The van der Waals surface area contributed by atoms with Gasteiger partial charge in [-0.05, 0) is 68.7 Å². The number of methoxy groups -OCH3 is 1. The summed E-state index contributed by atoms with van der Waals surface area (Å²) in [6.45, 7) is 12.0. The number of aryl methyl sites for hydroxylation is 4. The zero-order chi connectivity index (χ0) is 30.1. The molecule has 0 saturated carbocycles. The van der Waals surface area contributed by atoms with Gasteiger partial charge in [-0.3, -0.25) is 4.79 Å². The molecule has 0 spiro atoms. The maximum atomic E-state index is 10.8. The van der Waals surface area contributed by atoms with Crippen molar-refractivity contribution in [2.24, 2.45) is 0 Å². The molecule has 0 unspecified atom stereocenters. The second kappa shape index (κ2) is 15.7. The van der Waals surface area contributed by atoms with Crippen LogP contribution in [0.25, 0.3) is 45.0 Å². The Morgan fingerprint density at radius 1 is 0.833 bits per heavy atom. The molecule has 7 nitrogen and oxygen atoms in total. The number of nitrogens with zero attached hydrogens (tertiary/aromatic N) is 2. The van der Waals surface area contributed by atoms with Crippen LogP contribution >= 0.6 is 11.6 Å². The molecule has 0 aliphatic rings. The van der Waals surface area contributed by atoms with E-state index in [4.69, 9.17) is 25.0 Å². The van der Waals surface area contributed by atoms with Gasteiger partial charge in [-0.15, -0.1) is 0 Å². The first-order chi connectivity index (χ1) is 19.7. The van der Waals surface area contributed by atoms with Crippen molar-refractivity contribution < 1.29 is 22.9 Å². The molecule has 6 rings (SSSR count). The predicted octanol–water partition coefficient (Wildman–Crippen LogP) is 10.2. The summed E-state index contributed by atoms with van der Waals surface area (Å²) in [6.07, 6.45) is 0.730. The van der Waals surface area contributed by atoms with Gasteiger partial charge in [0.2, 0.25) is 5.82 Å². The van der Waals surface area contributed by atoms with Crippen molar-refractivity contribution in [2.45, 2.75) is 49.0 Å². The van der Waals surface area contributed by atoms with Crippen molar-refractivity contribution in [3.05, 3.63) is 93.7 Å². The van der Waals surface area contributed by atoms with Crippen LogP contribution in [-0.4, -0.2) is 30.6 Å². The first kappa shape index (κ1) is 34.0. The minimum Gasteiger partial charge on any atom is -0.461 e. The third-order valence-corrected chi connectivity index (χ3v) is 6.28. The fourth-order valence-electron chi connectivity index (χ4n) is 4.05. The molecule has 3 aromatic heterocycles. The molecule has 0 radical (unpaired) electrons. The summed E-state index contributed by atoms with van der Waals surface area (Å²) < 4.78 is 21.0. The van der Waals surface area contributed by atoms with Crippen molar-refractivity contribution in [3.63, 3.8) is 0 Å². The van der Waals surface area contributed by atoms with Crippen LogP contribution in [0.1, 0.15) is 54.1 Å². The maximum absolute atomic E-state index is 10.8. The number of fused-ring (bicyclic) bond motifs is 2. The second-order valence-corrected chi connectivity index (χ2v) is 9.50. The molecule has 0 amide bonds. The zero-order valence-electron chi connectivity index (χ0n) is 24.7. The van der Waals surface area contributed by atoms with Crippen LogP contribution in [-0.2, 0) is 4.74 Å². The minimum absolute atomic E-state index is 0.